The van der Waals surface area contributed by atoms with Crippen LogP contribution in [0, 0.1) is 5.82 Å². The van der Waals surface area contributed by atoms with Gasteiger partial charge in [-0.15, -0.1) is 0 Å². The molecule has 15 rings (SSSR count). The number of aromatic nitrogens is 16. The van der Waals surface area contributed by atoms with Gasteiger partial charge in [0.1, 0.15) is 53.7 Å². The number of benzene rings is 2. The standard InChI is InChI=1S/C18H14BrFN6.C18H21BrN6.C18H15BrN6.C15H17BrN5O/c19-13-10-24-26-17(23-9-11-5-6-16(21)22-8-11)7-15(25-18(13)26)12-3-1-2-4-14(12)20;2*19-14-11-23-25-17(22-10-12-6-7-16(20)21-9-12)8-15(24-18(14)25)13-4-2-1-3-5-13;1-3-12-7-14(21-15(19-12)13(16)9-18-21)17-8-11-5-4-6-20(10-11)22-2/h1-8,10,23H,9H2,(H2,21,22);6-9,11,13,22H,1-5,10H2,(H2,20,21);1-9,11,22H,10H2,(H2,20,21);4-7,9-10,17H,3,8H2,1-2H3/q;;;+1. The molecule has 0 bridgehead atoms. The zero-order valence-electron chi connectivity index (χ0n) is 53.2. The second kappa shape index (κ2) is 31.8. The maximum Gasteiger partial charge on any atom is 0.227 e. The van der Waals surface area contributed by atoms with Crippen molar-refractivity contribution in [1.82, 2.24) is 73.3 Å². The van der Waals surface area contributed by atoms with E-state index < -0.39 is 0 Å². The van der Waals surface area contributed by atoms with Gasteiger partial charge in [-0.3, -0.25) is 4.84 Å². The number of aryl methyl sites for hydroxylation is 1. The summed E-state index contributed by atoms with van der Waals surface area (Å²) in [5, 5.41) is 31.1. The molecule has 0 saturated heterocycles. The third kappa shape index (κ3) is 16.6. The highest BCUT2D eigenvalue weighted by atomic mass is 79.9. The minimum absolute atomic E-state index is 0.325. The molecule has 10 N–H and O–H groups in total. The molecule has 0 amide bonds. The maximum atomic E-state index is 14.2. The summed E-state index contributed by atoms with van der Waals surface area (Å²) in [5.41, 5.74) is 29.2. The van der Waals surface area contributed by atoms with Crippen LogP contribution in [0.5, 0.6) is 0 Å². The van der Waals surface area contributed by atoms with Gasteiger partial charge in [-0.2, -0.15) is 38.5 Å². The highest BCUT2D eigenvalue weighted by Gasteiger charge is 2.21. The van der Waals surface area contributed by atoms with Crippen molar-refractivity contribution in [1.29, 1.82) is 0 Å². The molecule has 29 heteroatoms. The Bertz CT molecular complexity index is 5010. The number of halogens is 5. The number of nitrogen functional groups attached to an aromatic ring is 3. The van der Waals surface area contributed by atoms with E-state index in [1.165, 1.54) is 38.2 Å². The number of nitrogens with one attached hydrogen (secondary N) is 4. The molecular formula is C69H67Br4FN23O+. The summed E-state index contributed by atoms with van der Waals surface area (Å²) in [6.07, 6.45) is 23.2. The molecule has 12 aromatic heterocycles. The van der Waals surface area contributed by atoms with Crippen molar-refractivity contribution < 1.29 is 14.0 Å². The number of fused-ring (bicyclic) bond motifs is 4. The Morgan fingerprint density at radius 2 is 0.939 bits per heavy atom. The SMILES string of the molecule is CCc1cc(NCc2ccc[n+](OC)c2)n2ncc(Br)c2n1.Nc1ccc(CNc2cc(-c3ccccc3)nc3c(Br)cnn23)cn1.Nc1ccc(CNc2cc(-c3ccccc3F)nc3c(Br)cnn23)cn1.Nc1ccc(CNc2cc(C3CCCCC3)nc3c(Br)cnn23)cn1. The van der Waals surface area contributed by atoms with Gasteiger partial charge in [0.05, 0.1) is 54.1 Å². The van der Waals surface area contributed by atoms with Crippen molar-refractivity contribution in [2.75, 3.05) is 45.6 Å². The van der Waals surface area contributed by atoms with Crippen molar-refractivity contribution in [3.63, 3.8) is 0 Å². The monoisotopic (exact) mass is 1570 g/mol. The first-order valence-corrected chi connectivity index (χ1v) is 34.5. The largest absolute Gasteiger partial charge is 0.384 e. The lowest BCUT2D eigenvalue weighted by Gasteiger charge is -2.22. The lowest BCUT2D eigenvalue weighted by Crippen LogP contribution is -2.40. The lowest BCUT2D eigenvalue weighted by atomic mass is 9.87. The van der Waals surface area contributed by atoms with Crippen LogP contribution >= 0.6 is 63.7 Å². The van der Waals surface area contributed by atoms with Crippen LogP contribution in [-0.2, 0) is 32.6 Å². The average Bonchev–Trinajstić information content (AvgIpc) is 1.60. The fourth-order valence-corrected chi connectivity index (χ4v) is 12.2. The molecule has 1 fully saturated rings. The average molecular weight is 1570 g/mol. The van der Waals surface area contributed by atoms with E-state index in [2.05, 4.69) is 143 Å². The summed E-state index contributed by atoms with van der Waals surface area (Å²) in [6.45, 7) is 4.54. The Morgan fingerprint density at radius 3 is 1.43 bits per heavy atom. The molecule has 98 heavy (non-hydrogen) atoms. The van der Waals surface area contributed by atoms with Gasteiger partial charge in [-0.1, -0.05) is 86.8 Å². The predicted octanol–water partition coefficient (Wildman–Crippen LogP) is 13.8. The second-order valence-corrected chi connectivity index (χ2v) is 26.1. The quantitative estimate of drug-likeness (QED) is 0.0417. The molecule has 1 saturated carbocycles. The third-order valence-corrected chi connectivity index (χ3v) is 18.1. The van der Waals surface area contributed by atoms with Crippen molar-refractivity contribution in [3.05, 3.63) is 241 Å². The van der Waals surface area contributed by atoms with E-state index in [9.17, 15) is 4.39 Å². The molecule has 0 aliphatic heterocycles. The molecule has 0 spiro atoms. The van der Waals surface area contributed by atoms with Crippen LogP contribution in [0.2, 0.25) is 0 Å². The first-order chi connectivity index (χ1) is 47.7. The fourth-order valence-electron chi connectivity index (χ4n) is 10.8. The molecular weight excluding hydrogens is 1510 g/mol. The Balaban J connectivity index is 0.000000125. The van der Waals surface area contributed by atoms with Gasteiger partial charge < -0.3 is 38.5 Å². The van der Waals surface area contributed by atoms with Crippen LogP contribution in [0.4, 0.5) is 45.1 Å². The molecule has 1 aliphatic carbocycles. The number of pyridine rings is 4. The predicted molar refractivity (Wildman–Crippen MR) is 393 cm³/mol. The van der Waals surface area contributed by atoms with Gasteiger partial charge in [0.15, 0.2) is 22.6 Å². The van der Waals surface area contributed by atoms with Crippen molar-refractivity contribution in [2.45, 2.75) is 77.5 Å². The fraction of sp³-hybridized carbons (Fsp3) is 0.188. The number of anilines is 7. The number of hydrogen-bond donors (Lipinski definition) is 7. The van der Waals surface area contributed by atoms with Crippen LogP contribution in [0.25, 0.3) is 45.1 Å². The van der Waals surface area contributed by atoms with Crippen LogP contribution in [0.15, 0.2) is 201 Å². The first kappa shape index (κ1) is 67.7. The summed E-state index contributed by atoms with van der Waals surface area (Å²) in [4.78, 5) is 36.2. The van der Waals surface area contributed by atoms with E-state index >= 15 is 0 Å². The van der Waals surface area contributed by atoms with Crippen molar-refractivity contribution >= 4 is 127 Å². The molecule has 24 nitrogen and oxygen atoms in total. The summed E-state index contributed by atoms with van der Waals surface area (Å²) >= 11 is 14.0. The maximum absolute atomic E-state index is 14.2. The second-order valence-electron chi connectivity index (χ2n) is 22.6. The van der Waals surface area contributed by atoms with Gasteiger partial charge in [0.25, 0.3) is 0 Å². The highest BCUT2D eigenvalue weighted by Crippen LogP contribution is 2.35. The van der Waals surface area contributed by atoms with Gasteiger partial charge in [0.2, 0.25) is 12.4 Å². The van der Waals surface area contributed by atoms with E-state index in [1.54, 1.807) is 105 Å². The van der Waals surface area contributed by atoms with Crippen LogP contribution in [0.1, 0.15) is 78.6 Å². The highest BCUT2D eigenvalue weighted by molar-refractivity contribution is 9.11. The van der Waals surface area contributed by atoms with E-state index in [0.29, 0.717) is 72.3 Å². The van der Waals surface area contributed by atoms with Gasteiger partial charge in [0, 0.05) is 114 Å². The zero-order chi connectivity index (χ0) is 68.1. The first-order valence-electron chi connectivity index (χ1n) is 31.3. The summed E-state index contributed by atoms with van der Waals surface area (Å²) in [7, 11) is 1.64. The molecule has 2 aromatic carbocycles. The van der Waals surface area contributed by atoms with E-state index in [-0.39, 0.29) is 5.82 Å². The molecule has 0 unspecified atom stereocenters. The Labute approximate surface area is 596 Å². The zero-order valence-corrected chi connectivity index (χ0v) is 59.5. The molecule has 14 aromatic rings. The molecule has 1 aliphatic rings. The number of rotatable bonds is 17. The number of nitrogens with zero attached hydrogens (tertiary/aromatic N) is 16. The summed E-state index contributed by atoms with van der Waals surface area (Å²) in [6, 6.07) is 39.7. The van der Waals surface area contributed by atoms with Crippen LogP contribution in [0.3, 0.4) is 0 Å². The van der Waals surface area contributed by atoms with Gasteiger partial charge in [-0.25, -0.2) is 39.3 Å². The van der Waals surface area contributed by atoms with Crippen molar-refractivity contribution in [3.8, 4) is 22.5 Å². The van der Waals surface area contributed by atoms with Crippen LogP contribution < -0.4 is 48.0 Å². The Kier molecular flexibility index (Phi) is 22.0. The normalized spacial score (nSPS) is 12.1. The minimum atomic E-state index is -0.325. The summed E-state index contributed by atoms with van der Waals surface area (Å²) < 4.78 is 26.4. The van der Waals surface area contributed by atoms with Gasteiger partial charge >= 0.3 is 0 Å². The molecule has 12 heterocycles. The molecule has 0 atom stereocenters. The lowest BCUT2D eigenvalue weighted by molar-refractivity contribution is -0.885. The molecule has 0 radical (unpaired) electrons. The molecule has 498 valence electrons. The summed E-state index contributed by atoms with van der Waals surface area (Å²) in [5.74, 6) is 5.14. The topological polar surface area (TPSA) is 299 Å². The number of hydrogen-bond acceptors (Lipinski definition) is 19. The van der Waals surface area contributed by atoms with Gasteiger partial charge in [-0.05, 0) is 136 Å². The van der Waals surface area contributed by atoms with E-state index in [1.807, 2.05) is 95.8 Å². The Morgan fingerprint density at radius 1 is 0.490 bits per heavy atom. The van der Waals surface area contributed by atoms with E-state index in [4.69, 9.17) is 32.0 Å². The third-order valence-electron chi connectivity index (χ3n) is 15.9. The van der Waals surface area contributed by atoms with Crippen LogP contribution in [-0.4, -0.2) is 80.5 Å². The number of nitrogens with two attached hydrogens (primary N) is 3. The Hall–Kier alpha value is -10.2. The smallest absolute Gasteiger partial charge is 0.227 e. The minimum Gasteiger partial charge on any atom is -0.384 e. The van der Waals surface area contributed by atoms with Crippen molar-refractivity contribution in [2.24, 2.45) is 0 Å². The van der Waals surface area contributed by atoms with E-state index in [0.717, 1.165) is 104 Å².